The van der Waals surface area contributed by atoms with Crippen molar-refractivity contribution in [1.82, 2.24) is 15.1 Å². The number of sulfone groups is 1. The highest BCUT2D eigenvalue weighted by Gasteiger charge is 2.22. The summed E-state index contributed by atoms with van der Waals surface area (Å²) in [6.07, 6.45) is 2.73. The number of rotatable bonds is 9. The minimum absolute atomic E-state index is 0.164. The van der Waals surface area contributed by atoms with Crippen LogP contribution in [0.5, 0.6) is 0 Å². The minimum Gasteiger partial charge on any atom is -0.313 e. The molecule has 0 saturated carbocycles. The van der Waals surface area contributed by atoms with Crippen molar-refractivity contribution in [1.29, 1.82) is 0 Å². The Kier molecular flexibility index (Phi) is 6.87. The van der Waals surface area contributed by atoms with Crippen LogP contribution in [0.1, 0.15) is 57.1 Å². The molecule has 0 radical (unpaired) electrons. The Balaban J connectivity index is 3.16. The molecule has 1 atom stereocenters. The van der Waals surface area contributed by atoms with Gasteiger partial charge in [-0.05, 0) is 26.3 Å². The quantitative estimate of drug-likeness (QED) is 0.758. The van der Waals surface area contributed by atoms with E-state index in [4.69, 9.17) is 0 Å². The van der Waals surface area contributed by atoms with E-state index >= 15 is 0 Å². The van der Waals surface area contributed by atoms with Gasteiger partial charge in [-0.2, -0.15) is 5.10 Å². The van der Waals surface area contributed by atoms with E-state index in [1.807, 2.05) is 11.7 Å². The van der Waals surface area contributed by atoms with E-state index < -0.39 is 9.84 Å². The molecule has 0 fully saturated rings. The third-order valence-corrected chi connectivity index (χ3v) is 5.69. The maximum atomic E-state index is 11.7. The van der Waals surface area contributed by atoms with Crippen molar-refractivity contribution in [3.8, 4) is 0 Å². The summed E-state index contributed by atoms with van der Waals surface area (Å²) in [4.78, 5) is 0. The van der Waals surface area contributed by atoms with E-state index in [-0.39, 0.29) is 17.5 Å². The van der Waals surface area contributed by atoms with Gasteiger partial charge >= 0.3 is 0 Å². The molecular weight excluding hydrogens is 286 g/mol. The summed E-state index contributed by atoms with van der Waals surface area (Å²) in [6.45, 7) is 8.50. The number of aromatic nitrogens is 2. The molecule has 1 aromatic heterocycles. The SMILES string of the molecule is CCc1nn(CCS(=O)(=O)CC)c(CC)c1C(CC)NC. The molecule has 1 rings (SSSR count). The van der Waals surface area contributed by atoms with Gasteiger partial charge in [-0.15, -0.1) is 0 Å². The van der Waals surface area contributed by atoms with Gasteiger partial charge < -0.3 is 5.32 Å². The summed E-state index contributed by atoms with van der Waals surface area (Å²) in [5.74, 6) is 0.356. The van der Waals surface area contributed by atoms with Crippen LogP contribution in [0.25, 0.3) is 0 Å². The van der Waals surface area contributed by atoms with Gasteiger partial charge in [0, 0.05) is 23.1 Å². The fourth-order valence-corrected chi connectivity index (χ4v) is 3.45. The van der Waals surface area contributed by atoms with Gasteiger partial charge in [-0.3, -0.25) is 4.68 Å². The van der Waals surface area contributed by atoms with E-state index in [1.54, 1.807) is 6.92 Å². The first-order valence-corrected chi connectivity index (χ1v) is 9.72. The zero-order valence-corrected chi connectivity index (χ0v) is 14.8. The monoisotopic (exact) mass is 315 g/mol. The Hall–Kier alpha value is -0.880. The van der Waals surface area contributed by atoms with E-state index in [0.717, 1.165) is 25.0 Å². The van der Waals surface area contributed by atoms with Crippen LogP contribution in [0, 0.1) is 0 Å². The van der Waals surface area contributed by atoms with E-state index in [1.165, 1.54) is 11.3 Å². The van der Waals surface area contributed by atoms with Crippen molar-refractivity contribution < 1.29 is 8.42 Å². The fourth-order valence-electron chi connectivity index (χ4n) is 2.71. The van der Waals surface area contributed by atoms with Gasteiger partial charge in [0.15, 0.2) is 9.84 Å². The maximum Gasteiger partial charge on any atom is 0.151 e. The average Bonchev–Trinajstić information content (AvgIpc) is 2.84. The van der Waals surface area contributed by atoms with Crippen LogP contribution in [0.2, 0.25) is 0 Å². The zero-order valence-electron chi connectivity index (χ0n) is 13.9. The van der Waals surface area contributed by atoms with E-state index in [2.05, 4.69) is 31.2 Å². The smallest absolute Gasteiger partial charge is 0.151 e. The lowest BCUT2D eigenvalue weighted by Crippen LogP contribution is -2.19. The molecule has 0 bridgehead atoms. The van der Waals surface area contributed by atoms with Crippen LogP contribution >= 0.6 is 0 Å². The molecule has 0 saturated heterocycles. The number of nitrogens with zero attached hydrogens (tertiary/aromatic N) is 2. The second kappa shape index (κ2) is 7.94. The van der Waals surface area contributed by atoms with Crippen molar-refractivity contribution in [2.75, 3.05) is 18.6 Å². The van der Waals surface area contributed by atoms with Crippen molar-refractivity contribution in [3.63, 3.8) is 0 Å². The van der Waals surface area contributed by atoms with Crippen LogP contribution in [0.3, 0.4) is 0 Å². The summed E-state index contributed by atoms with van der Waals surface area (Å²) < 4.78 is 25.4. The third kappa shape index (κ3) is 4.30. The van der Waals surface area contributed by atoms with Crippen molar-refractivity contribution >= 4 is 9.84 Å². The topological polar surface area (TPSA) is 64.0 Å². The second-order valence-corrected chi connectivity index (χ2v) is 7.70. The summed E-state index contributed by atoms with van der Waals surface area (Å²) >= 11 is 0. The van der Waals surface area contributed by atoms with Crippen molar-refractivity contribution in [3.05, 3.63) is 17.0 Å². The molecular formula is C15H29N3O2S. The number of hydrogen-bond acceptors (Lipinski definition) is 4. The lowest BCUT2D eigenvalue weighted by Gasteiger charge is -2.16. The van der Waals surface area contributed by atoms with Gasteiger partial charge in [-0.1, -0.05) is 27.7 Å². The standard InChI is InChI=1S/C15H29N3O2S/c1-6-12(16-5)15-13(7-2)17-18(14(15)8-3)10-11-21(19,20)9-4/h12,16H,6-11H2,1-5H3. The third-order valence-electron chi connectivity index (χ3n) is 4.00. The molecule has 6 heteroatoms. The molecule has 0 aliphatic heterocycles. The molecule has 1 unspecified atom stereocenters. The zero-order chi connectivity index (χ0) is 16.0. The summed E-state index contributed by atoms with van der Waals surface area (Å²) in [7, 11) is -0.997. The van der Waals surface area contributed by atoms with Gasteiger partial charge in [0.1, 0.15) is 0 Å². The molecule has 1 aromatic rings. The predicted octanol–water partition coefficient (Wildman–Crippen LogP) is 2.11. The highest BCUT2D eigenvalue weighted by atomic mass is 32.2. The predicted molar refractivity (Wildman–Crippen MR) is 87.4 cm³/mol. The first-order chi connectivity index (χ1) is 9.93. The molecule has 122 valence electrons. The highest BCUT2D eigenvalue weighted by Crippen LogP contribution is 2.26. The Labute approximate surface area is 129 Å². The normalized spacial score (nSPS) is 13.6. The first-order valence-electron chi connectivity index (χ1n) is 7.90. The lowest BCUT2D eigenvalue weighted by molar-refractivity contribution is 0.558. The molecule has 0 aliphatic rings. The highest BCUT2D eigenvalue weighted by molar-refractivity contribution is 7.91. The van der Waals surface area contributed by atoms with E-state index in [9.17, 15) is 8.42 Å². The van der Waals surface area contributed by atoms with Crippen LogP contribution in [0.4, 0.5) is 0 Å². The molecule has 0 amide bonds. The van der Waals surface area contributed by atoms with Crippen molar-refractivity contribution in [2.24, 2.45) is 0 Å². The summed E-state index contributed by atoms with van der Waals surface area (Å²) in [5, 5.41) is 8.01. The Morgan fingerprint density at radius 2 is 1.86 bits per heavy atom. The molecule has 0 aromatic carbocycles. The van der Waals surface area contributed by atoms with E-state index in [0.29, 0.717) is 6.54 Å². The summed E-state index contributed by atoms with van der Waals surface area (Å²) in [5.41, 5.74) is 3.51. The fraction of sp³-hybridized carbons (Fsp3) is 0.800. The Morgan fingerprint density at radius 1 is 1.19 bits per heavy atom. The van der Waals surface area contributed by atoms with Crippen molar-refractivity contribution in [2.45, 2.75) is 59.5 Å². The van der Waals surface area contributed by atoms with Gasteiger partial charge in [0.25, 0.3) is 0 Å². The van der Waals surface area contributed by atoms with Gasteiger partial charge in [-0.25, -0.2) is 8.42 Å². The summed E-state index contributed by atoms with van der Waals surface area (Å²) in [6, 6.07) is 0.284. The number of nitrogens with one attached hydrogen (secondary N) is 1. The average molecular weight is 315 g/mol. The Morgan fingerprint density at radius 3 is 2.29 bits per heavy atom. The molecule has 21 heavy (non-hydrogen) atoms. The molecule has 0 aliphatic carbocycles. The van der Waals surface area contributed by atoms with Crippen LogP contribution < -0.4 is 5.32 Å². The lowest BCUT2D eigenvalue weighted by atomic mass is 9.99. The second-order valence-electron chi connectivity index (χ2n) is 5.22. The molecule has 5 nitrogen and oxygen atoms in total. The van der Waals surface area contributed by atoms with Crippen LogP contribution in [-0.4, -0.2) is 36.8 Å². The number of aryl methyl sites for hydroxylation is 2. The van der Waals surface area contributed by atoms with Crippen LogP contribution in [0.15, 0.2) is 0 Å². The molecule has 1 N–H and O–H groups in total. The number of hydrogen-bond donors (Lipinski definition) is 1. The van der Waals surface area contributed by atoms with Crippen LogP contribution in [-0.2, 0) is 29.2 Å². The largest absolute Gasteiger partial charge is 0.313 e. The molecule has 0 spiro atoms. The first kappa shape index (κ1) is 18.2. The molecule has 1 heterocycles. The Bertz CT molecular complexity index is 546. The maximum absolute atomic E-state index is 11.7. The van der Waals surface area contributed by atoms with Gasteiger partial charge in [0.2, 0.25) is 0 Å². The minimum atomic E-state index is -2.96. The van der Waals surface area contributed by atoms with Gasteiger partial charge in [0.05, 0.1) is 18.0 Å².